The number of carbonyl (C=O) groups is 1. The Hall–Kier alpha value is -3.21. The summed E-state index contributed by atoms with van der Waals surface area (Å²) < 4.78 is 5.83. The summed E-state index contributed by atoms with van der Waals surface area (Å²) in [6.07, 6.45) is 5.98. The van der Waals surface area contributed by atoms with Crippen LogP contribution in [-0.4, -0.2) is 33.9 Å². The summed E-state index contributed by atoms with van der Waals surface area (Å²) in [4.78, 5) is 23.4. The largest absolute Gasteiger partial charge is 0.491 e. The zero-order chi connectivity index (χ0) is 18.9. The van der Waals surface area contributed by atoms with Gasteiger partial charge in [-0.1, -0.05) is 30.3 Å². The highest BCUT2D eigenvalue weighted by Gasteiger charge is 2.25. The number of aromatic nitrogens is 2. The fraction of sp³-hybridized carbons (Fsp3) is 0.261. The van der Waals surface area contributed by atoms with E-state index in [4.69, 9.17) is 4.74 Å². The van der Waals surface area contributed by atoms with Crippen LogP contribution in [0.1, 0.15) is 40.5 Å². The second kappa shape index (κ2) is 7.08. The van der Waals surface area contributed by atoms with Gasteiger partial charge in [0.2, 0.25) is 0 Å². The number of nitrogens with zero attached hydrogens (tertiary/aromatic N) is 3. The molecule has 5 heteroatoms. The minimum Gasteiger partial charge on any atom is -0.491 e. The van der Waals surface area contributed by atoms with Gasteiger partial charge in [-0.15, -0.1) is 0 Å². The number of hydrogen-bond donors (Lipinski definition) is 0. The first-order chi connectivity index (χ1) is 13.8. The SMILES string of the molecule is O=C1c2cc(-c3ccc(C4CC4)cc3)ccc2OCCN1Cc1ncccn1. The third-order valence-electron chi connectivity index (χ3n) is 5.36. The number of fused-ring (bicyclic) bond motifs is 1. The van der Waals surface area contributed by atoms with Crippen LogP contribution in [-0.2, 0) is 6.54 Å². The zero-order valence-electron chi connectivity index (χ0n) is 15.5. The molecule has 1 amide bonds. The number of benzene rings is 2. The van der Waals surface area contributed by atoms with Crippen molar-refractivity contribution in [3.8, 4) is 16.9 Å². The summed E-state index contributed by atoms with van der Waals surface area (Å²) >= 11 is 0. The van der Waals surface area contributed by atoms with Crippen molar-refractivity contribution >= 4 is 5.91 Å². The molecule has 1 aromatic heterocycles. The molecule has 1 aliphatic carbocycles. The van der Waals surface area contributed by atoms with E-state index in [1.165, 1.54) is 18.4 Å². The van der Waals surface area contributed by atoms with Crippen LogP contribution < -0.4 is 4.74 Å². The first kappa shape index (κ1) is 16.9. The molecule has 5 rings (SSSR count). The molecule has 140 valence electrons. The molecule has 0 atom stereocenters. The minimum atomic E-state index is -0.0450. The van der Waals surface area contributed by atoms with E-state index in [1.54, 1.807) is 23.4 Å². The van der Waals surface area contributed by atoms with Crippen molar-refractivity contribution in [1.82, 2.24) is 14.9 Å². The molecule has 1 fully saturated rings. The maximum absolute atomic E-state index is 13.2. The Balaban J connectivity index is 1.43. The van der Waals surface area contributed by atoms with Crippen LogP contribution in [0.3, 0.4) is 0 Å². The van der Waals surface area contributed by atoms with Crippen molar-refractivity contribution in [2.75, 3.05) is 13.2 Å². The van der Waals surface area contributed by atoms with Crippen LogP contribution in [0, 0.1) is 0 Å². The second-order valence-corrected chi connectivity index (χ2v) is 7.35. The smallest absolute Gasteiger partial charge is 0.258 e. The third kappa shape index (κ3) is 3.36. The van der Waals surface area contributed by atoms with E-state index >= 15 is 0 Å². The summed E-state index contributed by atoms with van der Waals surface area (Å²) in [6.45, 7) is 1.35. The topological polar surface area (TPSA) is 55.3 Å². The summed E-state index contributed by atoms with van der Waals surface area (Å²) in [5.74, 6) is 1.96. The molecular formula is C23H21N3O2. The Morgan fingerprint density at radius 2 is 1.75 bits per heavy atom. The van der Waals surface area contributed by atoms with Crippen molar-refractivity contribution in [2.45, 2.75) is 25.3 Å². The van der Waals surface area contributed by atoms with Gasteiger partial charge < -0.3 is 9.64 Å². The standard InChI is InChI=1S/C23H21N3O2/c27-23-20-14-19(18-6-4-17(5-7-18)16-2-3-16)8-9-21(20)28-13-12-26(23)15-22-24-10-1-11-25-22/h1,4-11,14,16H,2-3,12-13,15H2. The molecule has 0 saturated heterocycles. The quantitative estimate of drug-likeness (QED) is 0.694. The molecule has 28 heavy (non-hydrogen) atoms. The van der Waals surface area contributed by atoms with Crippen molar-refractivity contribution in [3.05, 3.63) is 77.9 Å². The molecule has 1 aliphatic heterocycles. The molecule has 2 aliphatic rings. The second-order valence-electron chi connectivity index (χ2n) is 7.35. The Morgan fingerprint density at radius 3 is 2.50 bits per heavy atom. The maximum Gasteiger partial charge on any atom is 0.258 e. The number of carbonyl (C=O) groups excluding carboxylic acids is 1. The molecule has 2 aromatic carbocycles. The molecule has 5 nitrogen and oxygen atoms in total. The highest BCUT2D eigenvalue weighted by atomic mass is 16.5. The average molecular weight is 371 g/mol. The van der Waals surface area contributed by atoms with Gasteiger partial charge in [0.1, 0.15) is 18.2 Å². The van der Waals surface area contributed by atoms with Crippen molar-refractivity contribution < 1.29 is 9.53 Å². The number of hydrogen-bond acceptors (Lipinski definition) is 4. The fourth-order valence-electron chi connectivity index (χ4n) is 3.64. The minimum absolute atomic E-state index is 0.0450. The van der Waals surface area contributed by atoms with Crippen molar-refractivity contribution in [1.29, 1.82) is 0 Å². The number of rotatable bonds is 4. The van der Waals surface area contributed by atoms with Crippen LogP contribution in [0.5, 0.6) is 5.75 Å². The van der Waals surface area contributed by atoms with Gasteiger partial charge in [0, 0.05) is 12.4 Å². The highest BCUT2D eigenvalue weighted by Crippen LogP contribution is 2.40. The van der Waals surface area contributed by atoms with Crippen LogP contribution in [0.4, 0.5) is 0 Å². The van der Waals surface area contributed by atoms with Crippen LogP contribution in [0.2, 0.25) is 0 Å². The van der Waals surface area contributed by atoms with Gasteiger partial charge in [0.15, 0.2) is 0 Å². The van der Waals surface area contributed by atoms with Gasteiger partial charge >= 0.3 is 0 Å². The summed E-state index contributed by atoms with van der Waals surface area (Å²) in [6, 6.07) is 16.3. The lowest BCUT2D eigenvalue weighted by atomic mass is 9.99. The first-order valence-corrected chi connectivity index (χ1v) is 9.70. The first-order valence-electron chi connectivity index (χ1n) is 9.70. The maximum atomic E-state index is 13.2. The monoisotopic (exact) mass is 371 g/mol. The lowest BCUT2D eigenvalue weighted by molar-refractivity contribution is 0.0738. The normalized spacial score (nSPS) is 16.3. The molecule has 1 saturated carbocycles. The van der Waals surface area contributed by atoms with E-state index in [2.05, 4.69) is 34.2 Å². The van der Waals surface area contributed by atoms with Gasteiger partial charge in [0.05, 0.1) is 18.7 Å². The van der Waals surface area contributed by atoms with Gasteiger partial charge in [-0.05, 0) is 53.6 Å². The van der Waals surface area contributed by atoms with Gasteiger partial charge in [0.25, 0.3) is 5.91 Å². The summed E-state index contributed by atoms with van der Waals surface area (Å²) in [5, 5.41) is 0. The van der Waals surface area contributed by atoms with E-state index in [0.29, 0.717) is 36.8 Å². The fourth-order valence-corrected chi connectivity index (χ4v) is 3.64. The van der Waals surface area contributed by atoms with E-state index in [1.807, 2.05) is 18.2 Å². The van der Waals surface area contributed by atoms with Gasteiger partial charge in [-0.25, -0.2) is 9.97 Å². The van der Waals surface area contributed by atoms with Gasteiger partial charge in [-0.2, -0.15) is 0 Å². The molecule has 0 spiro atoms. The molecule has 0 radical (unpaired) electrons. The van der Waals surface area contributed by atoms with Crippen LogP contribution in [0.25, 0.3) is 11.1 Å². The molecule has 0 bridgehead atoms. The number of amides is 1. The van der Waals surface area contributed by atoms with E-state index in [-0.39, 0.29) is 5.91 Å². The molecular weight excluding hydrogens is 350 g/mol. The molecule has 2 heterocycles. The Morgan fingerprint density at radius 1 is 1.00 bits per heavy atom. The molecule has 0 unspecified atom stereocenters. The summed E-state index contributed by atoms with van der Waals surface area (Å²) in [5.41, 5.74) is 4.14. The van der Waals surface area contributed by atoms with Crippen molar-refractivity contribution in [3.63, 3.8) is 0 Å². The van der Waals surface area contributed by atoms with Crippen LogP contribution >= 0.6 is 0 Å². The average Bonchev–Trinajstić information content (AvgIpc) is 3.59. The van der Waals surface area contributed by atoms with E-state index in [0.717, 1.165) is 17.0 Å². The van der Waals surface area contributed by atoms with E-state index < -0.39 is 0 Å². The van der Waals surface area contributed by atoms with E-state index in [9.17, 15) is 4.79 Å². The Labute approximate surface area is 164 Å². The van der Waals surface area contributed by atoms with Crippen LogP contribution in [0.15, 0.2) is 60.9 Å². The van der Waals surface area contributed by atoms with Crippen molar-refractivity contribution in [2.24, 2.45) is 0 Å². The number of ether oxygens (including phenoxy) is 1. The summed E-state index contributed by atoms with van der Waals surface area (Å²) in [7, 11) is 0. The van der Waals surface area contributed by atoms with Gasteiger partial charge in [-0.3, -0.25) is 4.79 Å². The molecule has 0 N–H and O–H groups in total. The lowest BCUT2D eigenvalue weighted by Crippen LogP contribution is -2.32. The predicted molar refractivity (Wildman–Crippen MR) is 106 cm³/mol. The Bertz CT molecular complexity index is 998. The highest BCUT2D eigenvalue weighted by molar-refractivity contribution is 5.98. The zero-order valence-corrected chi connectivity index (χ0v) is 15.5. The predicted octanol–water partition coefficient (Wildman–Crippen LogP) is 4.06. The molecule has 3 aromatic rings. The third-order valence-corrected chi connectivity index (χ3v) is 5.36. The lowest BCUT2D eigenvalue weighted by Gasteiger charge is -2.19. The Kier molecular flexibility index (Phi) is 4.28.